The van der Waals surface area contributed by atoms with Gasteiger partial charge in [0.2, 0.25) is 5.89 Å². The normalized spacial score (nSPS) is 10.6. The molecule has 0 unspecified atom stereocenters. The van der Waals surface area contributed by atoms with Crippen LogP contribution < -0.4 is 5.32 Å². The first-order chi connectivity index (χ1) is 7.74. The molecular weight excluding hydrogens is 204 g/mol. The summed E-state index contributed by atoms with van der Waals surface area (Å²) in [6.45, 7) is 5.05. The van der Waals surface area contributed by atoms with Crippen molar-refractivity contribution >= 4 is 0 Å². The van der Waals surface area contributed by atoms with Gasteiger partial charge in [-0.05, 0) is 19.1 Å². The molecule has 2 aromatic rings. The topological polar surface area (TPSA) is 63.8 Å². The Balaban J connectivity index is 1.84. The Morgan fingerprint density at radius 1 is 1.19 bits per heavy atom. The molecule has 0 spiro atoms. The fourth-order valence-corrected chi connectivity index (χ4v) is 1.41. The number of nitrogens with zero attached hydrogens (tertiary/aromatic N) is 3. The molecule has 5 heteroatoms. The van der Waals surface area contributed by atoms with E-state index in [1.54, 1.807) is 6.92 Å². The van der Waals surface area contributed by atoms with Crippen molar-refractivity contribution in [3.8, 4) is 0 Å². The maximum Gasteiger partial charge on any atom is 0.223 e. The van der Waals surface area contributed by atoms with Crippen molar-refractivity contribution in [2.24, 2.45) is 0 Å². The highest BCUT2D eigenvalue weighted by Gasteiger charge is 2.01. The van der Waals surface area contributed by atoms with Crippen molar-refractivity contribution in [2.45, 2.75) is 26.9 Å². The predicted octanol–water partition coefficient (Wildman–Crippen LogP) is 1.37. The van der Waals surface area contributed by atoms with Crippen molar-refractivity contribution < 1.29 is 4.52 Å². The van der Waals surface area contributed by atoms with Gasteiger partial charge in [0, 0.05) is 19.2 Å². The number of pyridine rings is 1. The molecule has 0 bridgehead atoms. The number of hydrogen-bond donors (Lipinski definition) is 1. The van der Waals surface area contributed by atoms with Crippen LogP contribution in [0.4, 0.5) is 0 Å². The van der Waals surface area contributed by atoms with Gasteiger partial charge in [-0.25, -0.2) is 0 Å². The zero-order chi connectivity index (χ0) is 11.4. The molecule has 84 valence electrons. The van der Waals surface area contributed by atoms with Gasteiger partial charge in [0.05, 0.1) is 12.2 Å². The van der Waals surface area contributed by atoms with E-state index in [0.29, 0.717) is 24.8 Å². The number of aryl methyl sites for hydroxylation is 2. The second-order valence-electron chi connectivity index (χ2n) is 3.60. The van der Waals surface area contributed by atoms with E-state index in [-0.39, 0.29) is 0 Å². The molecule has 5 nitrogen and oxygen atoms in total. The van der Waals surface area contributed by atoms with Crippen LogP contribution in [0.1, 0.15) is 23.1 Å². The Labute approximate surface area is 93.9 Å². The third-order valence-corrected chi connectivity index (χ3v) is 2.10. The average Bonchev–Trinajstić information content (AvgIpc) is 2.64. The molecule has 0 radical (unpaired) electrons. The number of aromatic nitrogens is 3. The van der Waals surface area contributed by atoms with E-state index in [1.165, 1.54) is 0 Å². The van der Waals surface area contributed by atoms with Crippen molar-refractivity contribution in [1.29, 1.82) is 0 Å². The average molecular weight is 218 g/mol. The van der Waals surface area contributed by atoms with E-state index in [0.717, 1.165) is 11.4 Å². The lowest BCUT2D eigenvalue weighted by atomic mass is 10.3. The highest BCUT2D eigenvalue weighted by molar-refractivity contribution is 5.09. The van der Waals surface area contributed by atoms with Gasteiger partial charge < -0.3 is 9.84 Å². The molecule has 2 rings (SSSR count). The molecule has 2 heterocycles. The summed E-state index contributed by atoms with van der Waals surface area (Å²) >= 11 is 0. The van der Waals surface area contributed by atoms with Gasteiger partial charge >= 0.3 is 0 Å². The summed E-state index contributed by atoms with van der Waals surface area (Å²) in [5.74, 6) is 1.26. The van der Waals surface area contributed by atoms with E-state index in [9.17, 15) is 0 Å². The Morgan fingerprint density at radius 2 is 2.06 bits per heavy atom. The minimum atomic E-state index is 0.588. The van der Waals surface area contributed by atoms with Crippen LogP contribution in [-0.4, -0.2) is 15.1 Å². The van der Waals surface area contributed by atoms with Gasteiger partial charge in [0.25, 0.3) is 0 Å². The molecule has 0 aliphatic carbocycles. The van der Waals surface area contributed by atoms with Gasteiger partial charge in [-0.15, -0.1) is 0 Å². The zero-order valence-corrected chi connectivity index (χ0v) is 9.40. The first-order valence-electron chi connectivity index (χ1n) is 5.16. The van der Waals surface area contributed by atoms with Gasteiger partial charge in [0.15, 0.2) is 5.82 Å². The van der Waals surface area contributed by atoms with Crippen LogP contribution >= 0.6 is 0 Å². The molecule has 0 aromatic carbocycles. The van der Waals surface area contributed by atoms with Gasteiger partial charge in [-0.1, -0.05) is 11.2 Å². The van der Waals surface area contributed by atoms with Crippen molar-refractivity contribution in [3.63, 3.8) is 0 Å². The summed E-state index contributed by atoms with van der Waals surface area (Å²) in [6.07, 6.45) is 0. The van der Waals surface area contributed by atoms with Crippen LogP contribution in [-0.2, 0) is 13.1 Å². The monoisotopic (exact) mass is 218 g/mol. The second kappa shape index (κ2) is 4.85. The number of hydrogen-bond acceptors (Lipinski definition) is 5. The third kappa shape index (κ3) is 2.87. The minimum Gasteiger partial charge on any atom is -0.340 e. The Morgan fingerprint density at radius 3 is 2.75 bits per heavy atom. The lowest BCUT2D eigenvalue weighted by molar-refractivity contribution is 0.385. The molecule has 0 saturated heterocycles. The van der Waals surface area contributed by atoms with Crippen LogP contribution in [0.2, 0.25) is 0 Å². The van der Waals surface area contributed by atoms with Crippen LogP contribution in [0.25, 0.3) is 0 Å². The minimum absolute atomic E-state index is 0.588. The zero-order valence-electron chi connectivity index (χ0n) is 9.40. The molecular formula is C11H14N4O. The quantitative estimate of drug-likeness (QED) is 0.839. The maximum atomic E-state index is 4.87. The fraction of sp³-hybridized carbons (Fsp3) is 0.364. The SMILES string of the molecule is Cc1cccc(CNCc2noc(C)n2)n1. The highest BCUT2D eigenvalue weighted by atomic mass is 16.5. The maximum absolute atomic E-state index is 4.87. The molecule has 16 heavy (non-hydrogen) atoms. The summed E-state index contributed by atoms with van der Waals surface area (Å²) in [6, 6.07) is 5.96. The van der Waals surface area contributed by atoms with Gasteiger partial charge in [0.1, 0.15) is 0 Å². The van der Waals surface area contributed by atoms with Crippen molar-refractivity contribution in [3.05, 3.63) is 41.3 Å². The van der Waals surface area contributed by atoms with Crippen LogP contribution in [0.5, 0.6) is 0 Å². The Bertz CT molecular complexity index is 467. The third-order valence-electron chi connectivity index (χ3n) is 2.10. The lowest BCUT2D eigenvalue weighted by Crippen LogP contribution is -2.14. The highest BCUT2D eigenvalue weighted by Crippen LogP contribution is 1.99. The molecule has 1 N–H and O–H groups in total. The van der Waals surface area contributed by atoms with Crippen LogP contribution in [0, 0.1) is 13.8 Å². The Hall–Kier alpha value is -1.75. The van der Waals surface area contributed by atoms with E-state index < -0.39 is 0 Å². The first-order valence-corrected chi connectivity index (χ1v) is 5.16. The predicted molar refractivity (Wildman–Crippen MR) is 58.6 cm³/mol. The second-order valence-corrected chi connectivity index (χ2v) is 3.60. The molecule has 0 amide bonds. The smallest absolute Gasteiger partial charge is 0.223 e. The lowest BCUT2D eigenvalue weighted by Gasteiger charge is -2.02. The summed E-state index contributed by atoms with van der Waals surface area (Å²) in [4.78, 5) is 8.48. The standard InChI is InChI=1S/C11H14N4O/c1-8-4-3-5-10(13-8)6-12-7-11-14-9(2)16-15-11/h3-5,12H,6-7H2,1-2H3. The molecule has 0 saturated carbocycles. The molecule has 2 aromatic heterocycles. The van der Waals surface area contributed by atoms with Gasteiger partial charge in [-0.2, -0.15) is 4.98 Å². The molecule has 0 atom stereocenters. The fourth-order valence-electron chi connectivity index (χ4n) is 1.41. The number of nitrogens with one attached hydrogen (secondary N) is 1. The van der Waals surface area contributed by atoms with Crippen LogP contribution in [0.15, 0.2) is 22.7 Å². The molecule has 0 aliphatic rings. The summed E-state index contributed by atoms with van der Waals surface area (Å²) in [7, 11) is 0. The van der Waals surface area contributed by atoms with E-state index in [4.69, 9.17) is 4.52 Å². The van der Waals surface area contributed by atoms with Crippen LogP contribution in [0.3, 0.4) is 0 Å². The molecule has 0 fully saturated rings. The first kappa shape index (κ1) is 10.8. The van der Waals surface area contributed by atoms with E-state index in [1.807, 2.05) is 25.1 Å². The van der Waals surface area contributed by atoms with E-state index in [2.05, 4.69) is 20.4 Å². The largest absolute Gasteiger partial charge is 0.340 e. The van der Waals surface area contributed by atoms with E-state index >= 15 is 0 Å². The summed E-state index contributed by atoms with van der Waals surface area (Å²) in [5.41, 5.74) is 2.04. The summed E-state index contributed by atoms with van der Waals surface area (Å²) < 4.78 is 4.87. The van der Waals surface area contributed by atoms with Crippen molar-refractivity contribution in [1.82, 2.24) is 20.4 Å². The Kier molecular flexibility index (Phi) is 3.26. The van der Waals surface area contributed by atoms with Crippen molar-refractivity contribution in [2.75, 3.05) is 0 Å². The summed E-state index contributed by atoms with van der Waals surface area (Å²) in [5, 5.41) is 7.01. The molecule has 0 aliphatic heterocycles. The number of rotatable bonds is 4. The van der Waals surface area contributed by atoms with Gasteiger partial charge in [-0.3, -0.25) is 4.98 Å².